The minimum atomic E-state index is -3.82. The summed E-state index contributed by atoms with van der Waals surface area (Å²) in [6.07, 6.45) is 0.570. The Morgan fingerprint density at radius 3 is 2.33 bits per heavy atom. The number of rotatable bonds is 7. The third-order valence-electron chi connectivity index (χ3n) is 4.45. The molecule has 0 bridgehead atoms. The van der Waals surface area contributed by atoms with Gasteiger partial charge in [-0.15, -0.1) is 0 Å². The molecule has 1 N–H and O–H groups in total. The van der Waals surface area contributed by atoms with Gasteiger partial charge in [-0.05, 0) is 55.2 Å². The normalized spacial score (nSPS) is 12.5. The lowest BCUT2D eigenvalue weighted by atomic mass is 10.0. The summed E-state index contributed by atoms with van der Waals surface area (Å²) in [6, 6.07) is 9.60. The average molecular weight is 391 g/mol. The maximum absolute atomic E-state index is 12.9. The van der Waals surface area contributed by atoms with Crippen LogP contribution in [-0.2, 0) is 14.8 Å². The van der Waals surface area contributed by atoms with Crippen LogP contribution in [0.3, 0.4) is 0 Å². The first-order valence-electron chi connectivity index (χ1n) is 8.59. The van der Waals surface area contributed by atoms with E-state index < -0.39 is 22.0 Å². The molecule has 0 aliphatic heterocycles. The molecule has 0 radical (unpaired) electrons. The zero-order chi connectivity index (χ0) is 20.2. The first kappa shape index (κ1) is 20.9. The van der Waals surface area contributed by atoms with E-state index in [0.717, 1.165) is 16.9 Å². The Labute approximate surface area is 160 Å². The maximum atomic E-state index is 12.9. The van der Waals surface area contributed by atoms with Crippen LogP contribution < -0.4 is 9.46 Å². The first-order valence-corrected chi connectivity index (χ1v) is 10.1. The van der Waals surface area contributed by atoms with Gasteiger partial charge in [-0.25, -0.2) is 17.9 Å². The highest BCUT2D eigenvalue weighted by Crippen LogP contribution is 2.26. The largest absolute Gasteiger partial charge is 0.496 e. The maximum Gasteiger partial charge on any atom is 0.338 e. The van der Waals surface area contributed by atoms with E-state index in [-0.39, 0.29) is 10.5 Å². The van der Waals surface area contributed by atoms with Crippen molar-refractivity contribution in [3.63, 3.8) is 0 Å². The highest BCUT2D eigenvalue weighted by Gasteiger charge is 2.23. The van der Waals surface area contributed by atoms with Crippen LogP contribution in [0, 0.1) is 13.8 Å². The average Bonchev–Trinajstić information content (AvgIpc) is 2.65. The predicted molar refractivity (Wildman–Crippen MR) is 104 cm³/mol. The lowest BCUT2D eigenvalue weighted by Crippen LogP contribution is -2.28. The smallest absolute Gasteiger partial charge is 0.338 e. The summed E-state index contributed by atoms with van der Waals surface area (Å²) >= 11 is 0. The highest BCUT2D eigenvalue weighted by atomic mass is 32.2. The Morgan fingerprint density at radius 2 is 1.78 bits per heavy atom. The zero-order valence-electron chi connectivity index (χ0n) is 16.2. The second kappa shape index (κ2) is 8.54. The Kier molecular flexibility index (Phi) is 6.62. The number of hydrogen-bond acceptors (Lipinski definition) is 5. The molecule has 0 aliphatic rings. The van der Waals surface area contributed by atoms with E-state index in [1.807, 2.05) is 32.0 Å². The van der Waals surface area contributed by atoms with Crippen molar-refractivity contribution in [2.75, 3.05) is 14.2 Å². The van der Waals surface area contributed by atoms with Crippen LogP contribution in [0.15, 0.2) is 41.3 Å². The summed E-state index contributed by atoms with van der Waals surface area (Å²) in [5.74, 6) is 0.181. The van der Waals surface area contributed by atoms with Crippen LogP contribution in [0.4, 0.5) is 0 Å². The molecule has 1 unspecified atom stereocenters. The third-order valence-corrected chi connectivity index (χ3v) is 5.92. The zero-order valence-corrected chi connectivity index (χ0v) is 17.0. The summed E-state index contributed by atoms with van der Waals surface area (Å²) in [6.45, 7) is 5.54. The highest BCUT2D eigenvalue weighted by molar-refractivity contribution is 7.89. The number of sulfonamides is 1. The number of carbonyl (C=O) groups is 1. The van der Waals surface area contributed by atoms with E-state index >= 15 is 0 Å². The summed E-state index contributed by atoms with van der Waals surface area (Å²) in [4.78, 5) is 11.9. The lowest BCUT2D eigenvalue weighted by molar-refractivity contribution is 0.0599. The SMILES string of the molecule is CCC(NS(=O)(=O)c1ccc(C)c(C(=O)OC)c1)c1ccc(OC)c(C)c1. The van der Waals surface area contributed by atoms with Crippen molar-refractivity contribution in [1.82, 2.24) is 4.72 Å². The minimum absolute atomic E-state index is 0.0252. The number of carbonyl (C=O) groups excluding carboxylic acids is 1. The van der Waals surface area contributed by atoms with Crippen LogP contribution in [0.5, 0.6) is 5.75 Å². The number of aryl methyl sites for hydroxylation is 2. The number of esters is 1. The molecule has 146 valence electrons. The second-order valence-corrected chi connectivity index (χ2v) is 7.99. The van der Waals surface area contributed by atoms with Crippen LogP contribution >= 0.6 is 0 Å². The summed E-state index contributed by atoms with van der Waals surface area (Å²) < 4.78 is 38.4. The molecule has 0 aliphatic carbocycles. The topological polar surface area (TPSA) is 81.7 Å². The Hall–Kier alpha value is -2.38. The van der Waals surface area contributed by atoms with Crippen molar-refractivity contribution in [1.29, 1.82) is 0 Å². The molecule has 6 nitrogen and oxygen atoms in total. The van der Waals surface area contributed by atoms with Gasteiger partial charge in [-0.3, -0.25) is 0 Å². The second-order valence-electron chi connectivity index (χ2n) is 6.28. The molecule has 0 aromatic heterocycles. The van der Waals surface area contributed by atoms with Gasteiger partial charge < -0.3 is 9.47 Å². The van der Waals surface area contributed by atoms with Crippen LogP contribution in [0.2, 0.25) is 0 Å². The van der Waals surface area contributed by atoms with E-state index in [2.05, 4.69) is 4.72 Å². The monoisotopic (exact) mass is 391 g/mol. The fraction of sp³-hybridized carbons (Fsp3) is 0.350. The quantitative estimate of drug-likeness (QED) is 0.730. The fourth-order valence-corrected chi connectivity index (χ4v) is 4.19. The van der Waals surface area contributed by atoms with Crippen molar-refractivity contribution in [3.8, 4) is 5.75 Å². The van der Waals surface area contributed by atoms with Gasteiger partial charge >= 0.3 is 5.97 Å². The van der Waals surface area contributed by atoms with Gasteiger partial charge in [-0.2, -0.15) is 0 Å². The molecule has 0 spiro atoms. The van der Waals surface area contributed by atoms with Gasteiger partial charge in [0.2, 0.25) is 10.0 Å². The summed E-state index contributed by atoms with van der Waals surface area (Å²) in [5.41, 5.74) is 2.66. The van der Waals surface area contributed by atoms with E-state index in [1.165, 1.54) is 19.2 Å². The Bertz CT molecular complexity index is 937. The fourth-order valence-electron chi connectivity index (χ4n) is 2.86. The van der Waals surface area contributed by atoms with E-state index in [1.54, 1.807) is 20.1 Å². The van der Waals surface area contributed by atoms with Gasteiger partial charge in [0.25, 0.3) is 0 Å². The Balaban J connectivity index is 2.36. The molecule has 0 heterocycles. The molecule has 0 amide bonds. The molecule has 0 saturated carbocycles. The molecule has 0 fully saturated rings. The van der Waals surface area contributed by atoms with Gasteiger partial charge in [0.1, 0.15) is 5.75 Å². The van der Waals surface area contributed by atoms with Gasteiger partial charge in [0.05, 0.1) is 24.7 Å². The van der Waals surface area contributed by atoms with Crippen molar-refractivity contribution in [2.24, 2.45) is 0 Å². The molecule has 0 saturated heterocycles. The number of benzene rings is 2. The molecule has 2 rings (SSSR count). The van der Waals surface area contributed by atoms with Crippen LogP contribution in [0.1, 0.15) is 46.4 Å². The standard InChI is InChI=1S/C20H25NO5S/c1-6-18(15-8-10-19(25-4)14(3)11-15)21-27(23,24)16-9-7-13(2)17(12-16)20(22)26-5/h7-12,18,21H,6H2,1-5H3. The minimum Gasteiger partial charge on any atom is -0.496 e. The van der Waals surface area contributed by atoms with Gasteiger partial charge in [0, 0.05) is 6.04 Å². The summed E-state index contributed by atoms with van der Waals surface area (Å²) in [7, 11) is -0.959. The predicted octanol–water partition coefficient (Wildman–Crippen LogP) is 3.53. The number of ether oxygens (including phenoxy) is 2. The third kappa shape index (κ3) is 4.67. The van der Waals surface area contributed by atoms with Crippen molar-refractivity contribution in [3.05, 3.63) is 58.7 Å². The van der Waals surface area contributed by atoms with Crippen LogP contribution in [-0.4, -0.2) is 28.6 Å². The van der Waals surface area contributed by atoms with E-state index in [4.69, 9.17) is 9.47 Å². The van der Waals surface area contributed by atoms with E-state index in [9.17, 15) is 13.2 Å². The lowest BCUT2D eigenvalue weighted by Gasteiger charge is -2.19. The van der Waals surface area contributed by atoms with Gasteiger partial charge in [0.15, 0.2) is 0 Å². The molecular weight excluding hydrogens is 366 g/mol. The molecule has 1 atom stereocenters. The van der Waals surface area contributed by atoms with Crippen molar-refractivity contribution in [2.45, 2.75) is 38.1 Å². The molecular formula is C20H25NO5S. The molecule has 2 aromatic rings. The Morgan fingerprint density at radius 1 is 1.07 bits per heavy atom. The molecule has 27 heavy (non-hydrogen) atoms. The van der Waals surface area contributed by atoms with Gasteiger partial charge in [-0.1, -0.05) is 25.1 Å². The van der Waals surface area contributed by atoms with Crippen molar-refractivity contribution >= 4 is 16.0 Å². The summed E-state index contributed by atoms with van der Waals surface area (Å²) in [5, 5.41) is 0. The van der Waals surface area contributed by atoms with Crippen molar-refractivity contribution < 1.29 is 22.7 Å². The van der Waals surface area contributed by atoms with E-state index in [0.29, 0.717) is 12.0 Å². The van der Waals surface area contributed by atoms with Crippen LogP contribution in [0.25, 0.3) is 0 Å². The molecule has 2 aromatic carbocycles. The first-order chi connectivity index (χ1) is 12.7. The number of hydrogen-bond donors (Lipinski definition) is 1. The molecule has 7 heteroatoms. The number of nitrogens with one attached hydrogen (secondary N) is 1. The number of methoxy groups -OCH3 is 2.